The molecule has 0 aliphatic rings. The smallest absolute Gasteiger partial charge is 0.306 e. The van der Waals surface area contributed by atoms with Gasteiger partial charge in [-0.1, -0.05) is 182 Å². The van der Waals surface area contributed by atoms with E-state index in [0.717, 1.165) is 96.3 Å². The zero-order valence-electron chi connectivity index (χ0n) is 41.4. The molecule has 0 aromatic carbocycles. The van der Waals surface area contributed by atoms with Crippen molar-refractivity contribution in [3.05, 3.63) is 85.1 Å². The normalized spacial score (nSPS) is 14.2. The molecule has 0 fully saturated rings. The second kappa shape index (κ2) is 45.4. The minimum absolute atomic E-state index is 0.0376. The van der Waals surface area contributed by atoms with E-state index in [0.29, 0.717) is 23.9 Å². The summed E-state index contributed by atoms with van der Waals surface area (Å²) < 4.78 is 34.0. The summed E-state index contributed by atoms with van der Waals surface area (Å²) in [7, 11) is 1.14. The van der Waals surface area contributed by atoms with Crippen molar-refractivity contribution in [1.29, 1.82) is 0 Å². The third-order valence-electron chi connectivity index (χ3n) is 10.4. The number of carbonyl (C=O) groups is 2. The number of quaternary nitrogens is 1. The van der Waals surface area contributed by atoms with Gasteiger partial charge in [-0.25, -0.2) is 0 Å². The number of esters is 2. The molecule has 2 unspecified atom stereocenters. The first-order chi connectivity index (χ1) is 31.0. The van der Waals surface area contributed by atoms with Crippen molar-refractivity contribution in [3.63, 3.8) is 0 Å². The lowest BCUT2D eigenvalue weighted by molar-refractivity contribution is -0.870. The Kier molecular flexibility index (Phi) is 43.4. The molecule has 10 heteroatoms. The van der Waals surface area contributed by atoms with Crippen molar-refractivity contribution in [2.24, 2.45) is 0 Å². The molecule has 0 aliphatic heterocycles. The van der Waals surface area contributed by atoms with Crippen LogP contribution in [0.25, 0.3) is 0 Å². The molecule has 0 spiro atoms. The Morgan fingerprint density at radius 3 is 1.25 bits per heavy atom. The quantitative estimate of drug-likeness (QED) is 0.0195. The summed E-state index contributed by atoms with van der Waals surface area (Å²) in [5, 5.41) is 0. The highest BCUT2D eigenvalue weighted by Crippen LogP contribution is 2.38. The summed E-state index contributed by atoms with van der Waals surface area (Å²) in [5.41, 5.74) is 0. The predicted molar refractivity (Wildman–Crippen MR) is 268 cm³/mol. The lowest BCUT2D eigenvalue weighted by atomic mass is 10.0. The molecule has 2 atom stereocenters. The largest absolute Gasteiger partial charge is 0.756 e. The van der Waals surface area contributed by atoms with Gasteiger partial charge in [0.05, 0.1) is 27.7 Å². The van der Waals surface area contributed by atoms with Gasteiger partial charge < -0.3 is 27.9 Å². The lowest BCUT2D eigenvalue weighted by Gasteiger charge is -2.28. The average Bonchev–Trinajstić information content (AvgIpc) is 3.25. The number of hydrogen-bond acceptors (Lipinski definition) is 8. The first kappa shape index (κ1) is 61.2. The van der Waals surface area contributed by atoms with Gasteiger partial charge in [0, 0.05) is 12.8 Å². The molecule has 0 saturated carbocycles. The maximum atomic E-state index is 12.8. The van der Waals surface area contributed by atoms with E-state index in [1.807, 2.05) is 21.1 Å². The molecule has 0 aromatic rings. The molecule has 0 aliphatic carbocycles. The number of phosphoric acid groups is 1. The molecule has 0 bridgehead atoms. The maximum absolute atomic E-state index is 12.8. The molecular formula is C54H94NO8P. The maximum Gasteiger partial charge on any atom is 0.306 e. The molecule has 9 nitrogen and oxygen atoms in total. The SMILES string of the molecule is CC/C=C\C/C=C\C/C=C\C/C=C\CCCCCCCCCCCCC(=O)OC(COC(=O)CCCCCCCCC/C=C\C/C=C\C/C=C\CC)COP(=O)([O-])OCC[N+](C)(C)C. The molecular weight excluding hydrogens is 822 g/mol. The van der Waals surface area contributed by atoms with Crippen LogP contribution in [0.1, 0.15) is 194 Å². The zero-order chi connectivity index (χ0) is 47.1. The molecule has 0 amide bonds. The van der Waals surface area contributed by atoms with E-state index in [-0.39, 0.29) is 26.1 Å². The van der Waals surface area contributed by atoms with Crippen molar-refractivity contribution >= 4 is 19.8 Å². The first-order valence-electron chi connectivity index (χ1n) is 25.3. The molecule has 0 N–H and O–H groups in total. The Labute approximate surface area is 392 Å². The van der Waals surface area contributed by atoms with Crippen LogP contribution in [0.2, 0.25) is 0 Å². The van der Waals surface area contributed by atoms with Gasteiger partial charge in [-0.3, -0.25) is 14.2 Å². The highest BCUT2D eigenvalue weighted by atomic mass is 31.2. The highest BCUT2D eigenvalue weighted by Gasteiger charge is 2.21. The predicted octanol–water partition coefficient (Wildman–Crippen LogP) is 14.5. The Hall–Kier alpha value is -2.81. The second-order valence-electron chi connectivity index (χ2n) is 17.8. The summed E-state index contributed by atoms with van der Waals surface area (Å²) in [6.45, 7) is 3.99. The van der Waals surface area contributed by atoms with E-state index in [2.05, 4.69) is 98.9 Å². The van der Waals surface area contributed by atoms with Gasteiger partial charge in [-0.15, -0.1) is 0 Å². The van der Waals surface area contributed by atoms with Gasteiger partial charge in [-0.05, 0) is 83.5 Å². The van der Waals surface area contributed by atoms with Gasteiger partial charge in [0.2, 0.25) is 0 Å². The van der Waals surface area contributed by atoms with E-state index in [1.165, 1.54) is 57.8 Å². The van der Waals surface area contributed by atoms with Crippen molar-refractivity contribution in [1.82, 2.24) is 0 Å². The van der Waals surface area contributed by atoms with Gasteiger partial charge in [0.1, 0.15) is 19.8 Å². The molecule has 64 heavy (non-hydrogen) atoms. The molecule has 0 heterocycles. The van der Waals surface area contributed by atoms with Crippen LogP contribution in [0.3, 0.4) is 0 Å². The second-order valence-corrected chi connectivity index (χ2v) is 19.2. The van der Waals surface area contributed by atoms with Crippen LogP contribution in [0.5, 0.6) is 0 Å². The standard InChI is InChI=1S/C54H94NO8P/c1-6-8-10-12-14-16-18-20-22-24-25-26-27-28-29-31-33-35-37-39-41-43-45-47-54(57)63-52(51-62-64(58,59)61-49-48-55(3,4)5)50-60-53(56)46-44-42-40-38-36-34-32-30-23-21-19-17-15-13-11-9-7-2/h8-11,14-17,20-23,25-26,52H,6-7,12-13,18-19,24,27-51H2,1-5H3/b10-8-,11-9-,16-14-,17-15-,22-20-,23-21-,26-25-. The van der Waals surface area contributed by atoms with Crippen LogP contribution in [-0.2, 0) is 32.7 Å². The number of nitrogens with zero attached hydrogens (tertiary/aromatic N) is 1. The van der Waals surface area contributed by atoms with Gasteiger partial charge in [0.15, 0.2) is 6.10 Å². The van der Waals surface area contributed by atoms with E-state index < -0.39 is 32.5 Å². The van der Waals surface area contributed by atoms with Crippen LogP contribution in [0, 0.1) is 0 Å². The van der Waals surface area contributed by atoms with Crippen molar-refractivity contribution in [2.45, 2.75) is 200 Å². The topological polar surface area (TPSA) is 111 Å². The fourth-order valence-corrected chi connectivity index (χ4v) is 7.27. The molecule has 368 valence electrons. The van der Waals surface area contributed by atoms with Crippen molar-refractivity contribution in [2.75, 3.05) is 47.5 Å². The first-order valence-corrected chi connectivity index (χ1v) is 26.8. The number of unbranched alkanes of at least 4 members (excludes halogenated alkanes) is 17. The van der Waals surface area contributed by atoms with Crippen molar-refractivity contribution in [3.8, 4) is 0 Å². The zero-order valence-corrected chi connectivity index (χ0v) is 42.3. The molecule has 0 aromatic heterocycles. The summed E-state index contributed by atoms with van der Waals surface area (Å²) >= 11 is 0. The monoisotopic (exact) mass is 916 g/mol. The Bertz CT molecular complexity index is 1360. The molecule has 0 rings (SSSR count). The number of hydrogen-bond donors (Lipinski definition) is 0. The number of allylic oxidation sites excluding steroid dienone is 14. The fraction of sp³-hybridized carbons (Fsp3) is 0.704. The fourth-order valence-electron chi connectivity index (χ4n) is 6.54. The summed E-state index contributed by atoms with van der Waals surface area (Å²) in [4.78, 5) is 37.7. The minimum Gasteiger partial charge on any atom is -0.756 e. The summed E-state index contributed by atoms with van der Waals surface area (Å²) in [6.07, 6.45) is 58.9. The number of phosphoric ester groups is 1. The van der Waals surface area contributed by atoms with Crippen LogP contribution in [-0.4, -0.2) is 70.0 Å². The minimum atomic E-state index is -4.64. The van der Waals surface area contributed by atoms with E-state index >= 15 is 0 Å². The molecule has 0 radical (unpaired) electrons. The Morgan fingerprint density at radius 2 is 0.844 bits per heavy atom. The van der Waals surface area contributed by atoms with Crippen molar-refractivity contribution < 1.29 is 42.1 Å². The third-order valence-corrected chi connectivity index (χ3v) is 11.4. The van der Waals surface area contributed by atoms with Gasteiger partial charge in [-0.2, -0.15) is 0 Å². The molecule has 0 saturated heterocycles. The number of ether oxygens (including phenoxy) is 2. The number of likely N-dealkylation sites (N-methyl/N-ethyl adjacent to an activating group) is 1. The van der Waals surface area contributed by atoms with Crippen LogP contribution >= 0.6 is 7.82 Å². The van der Waals surface area contributed by atoms with E-state index in [4.69, 9.17) is 18.5 Å². The van der Waals surface area contributed by atoms with Crippen LogP contribution in [0.4, 0.5) is 0 Å². The third kappa shape index (κ3) is 48.6. The number of carbonyl (C=O) groups excluding carboxylic acids is 2. The van der Waals surface area contributed by atoms with E-state index in [9.17, 15) is 19.0 Å². The lowest BCUT2D eigenvalue weighted by Crippen LogP contribution is -2.37. The highest BCUT2D eigenvalue weighted by molar-refractivity contribution is 7.45. The number of rotatable bonds is 45. The average molecular weight is 916 g/mol. The Morgan fingerprint density at radius 1 is 0.484 bits per heavy atom. The van der Waals surface area contributed by atoms with Crippen LogP contribution in [0.15, 0.2) is 85.1 Å². The van der Waals surface area contributed by atoms with Gasteiger partial charge in [0.25, 0.3) is 7.82 Å². The van der Waals surface area contributed by atoms with E-state index in [1.54, 1.807) is 0 Å². The summed E-state index contributed by atoms with van der Waals surface area (Å²) in [5.74, 6) is -0.854. The van der Waals surface area contributed by atoms with Crippen LogP contribution < -0.4 is 4.89 Å². The summed E-state index contributed by atoms with van der Waals surface area (Å²) in [6, 6.07) is 0. The van der Waals surface area contributed by atoms with Gasteiger partial charge >= 0.3 is 11.9 Å². The Balaban J connectivity index is 4.28.